The molecular weight excluding hydrogens is 381 g/mol. The minimum Gasteiger partial charge on any atom is -0.386 e. The zero-order chi connectivity index (χ0) is 20.8. The molecule has 0 amide bonds. The highest BCUT2D eigenvalue weighted by atomic mass is 19.1. The van der Waals surface area contributed by atoms with Crippen LogP contribution in [0.1, 0.15) is 25.0 Å². The minimum atomic E-state index is -1.06. The molecule has 0 aromatic heterocycles. The van der Waals surface area contributed by atoms with Crippen LogP contribution >= 0.6 is 0 Å². The van der Waals surface area contributed by atoms with Gasteiger partial charge in [0.1, 0.15) is 23.6 Å². The molecule has 2 atom stereocenters. The Hall–Kier alpha value is -2.74. The van der Waals surface area contributed by atoms with Gasteiger partial charge in [-0.1, -0.05) is 18.2 Å². The molecule has 0 aliphatic carbocycles. The number of halogens is 3. The molecule has 0 saturated carbocycles. The molecular formula is C21H25F3N4O. The minimum absolute atomic E-state index is 0.000703. The van der Waals surface area contributed by atoms with Crippen LogP contribution in [0.4, 0.5) is 18.9 Å². The number of benzene rings is 2. The van der Waals surface area contributed by atoms with Crippen molar-refractivity contribution >= 4 is 11.6 Å². The maximum atomic E-state index is 14.0. The quantitative estimate of drug-likeness (QED) is 0.510. The van der Waals surface area contributed by atoms with Crippen molar-refractivity contribution in [3.8, 4) is 0 Å². The van der Waals surface area contributed by atoms with Crippen LogP contribution in [-0.2, 0) is 0 Å². The predicted octanol–water partition coefficient (Wildman–Crippen LogP) is 2.97. The molecule has 2 unspecified atom stereocenters. The zero-order valence-electron chi connectivity index (χ0n) is 16.2. The normalized spacial score (nSPS) is 18.0. The van der Waals surface area contributed by atoms with Crippen LogP contribution in [0.15, 0.2) is 47.5 Å². The number of aliphatic hydroxyl groups is 1. The summed E-state index contributed by atoms with van der Waals surface area (Å²) in [7, 11) is 0. The number of nitrogens with zero attached hydrogens (tertiary/aromatic N) is 2. The van der Waals surface area contributed by atoms with E-state index < -0.39 is 23.6 Å². The Kier molecular flexibility index (Phi) is 6.98. The van der Waals surface area contributed by atoms with Gasteiger partial charge in [-0.2, -0.15) is 0 Å². The van der Waals surface area contributed by atoms with Crippen LogP contribution in [0, 0.1) is 17.5 Å². The van der Waals surface area contributed by atoms with E-state index in [0.29, 0.717) is 31.3 Å². The second-order valence-electron chi connectivity index (χ2n) is 6.93. The van der Waals surface area contributed by atoms with Crippen LogP contribution in [-0.4, -0.2) is 43.3 Å². The Morgan fingerprint density at radius 3 is 2.72 bits per heavy atom. The molecule has 8 heteroatoms. The SMILES string of the molecule is CCNC(=NCC(O)c1ccccc1F)NC1CCN(c2ccc(F)cc2F)C1. The molecule has 156 valence electrons. The fraction of sp³-hybridized carbons (Fsp3) is 0.381. The van der Waals surface area contributed by atoms with E-state index in [1.165, 1.54) is 24.3 Å². The first kappa shape index (κ1) is 21.0. The smallest absolute Gasteiger partial charge is 0.191 e. The summed E-state index contributed by atoms with van der Waals surface area (Å²) >= 11 is 0. The van der Waals surface area contributed by atoms with E-state index in [4.69, 9.17) is 0 Å². The molecule has 1 saturated heterocycles. The van der Waals surface area contributed by atoms with Gasteiger partial charge in [0.05, 0.1) is 12.2 Å². The number of nitrogens with one attached hydrogen (secondary N) is 2. The maximum absolute atomic E-state index is 14.0. The number of aliphatic imine (C=N–C) groups is 1. The summed E-state index contributed by atoms with van der Waals surface area (Å²) in [4.78, 5) is 6.21. The molecule has 2 aromatic carbocycles. The first-order chi connectivity index (χ1) is 14.0. The average molecular weight is 406 g/mol. The van der Waals surface area contributed by atoms with Gasteiger partial charge in [-0.25, -0.2) is 13.2 Å². The van der Waals surface area contributed by atoms with E-state index in [2.05, 4.69) is 15.6 Å². The Morgan fingerprint density at radius 1 is 1.21 bits per heavy atom. The van der Waals surface area contributed by atoms with Crippen LogP contribution in [0.3, 0.4) is 0 Å². The van der Waals surface area contributed by atoms with E-state index in [1.807, 2.05) is 11.8 Å². The summed E-state index contributed by atoms with van der Waals surface area (Å²) in [6, 6.07) is 9.63. The summed E-state index contributed by atoms with van der Waals surface area (Å²) in [5, 5.41) is 16.6. The van der Waals surface area contributed by atoms with Gasteiger partial charge in [0, 0.05) is 37.3 Å². The third-order valence-electron chi connectivity index (χ3n) is 4.81. The van der Waals surface area contributed by atoms with Gasteiger partial charge in [-0.3, -0.25) is 4.99 Å². The molecule has 29 heavy (non-hydrogen) atoms. The van der Waals surface area contributed by atoms with Crippen molar-refractivity contribution in [3.05, 3.63) is 65.5 Å². The highest BCUT2D eigenvalue weighted by Gasteiger charge is 2.25. The highest BCUT2D eigenvalue weighted by molar-refractivity contribution is 5.80. The molecule has 1 fully saturated rings. The topological polar surface area (TPSA) is 59.9 Å². The number of guanidine groups is 1. The van der Waals surface area contributed by atoms with Crippen LogP contribution in [0.5, 0.6) is 0 Å². The van der Waals surface area contributed by atoms with E-state index >= 15 is 0 Å². The Bertz CT molecular complexity index is 862. The van der Waals surface area contributed by atoms with Gasteiger partial charge in [-0.05, 0) is 31.5 Å². The van der Waals surface area contributed by atoms with E-state index in [0.717, 1.165) is 12.5 Å². The molecule has 1 aliphatic heterocycles. The van der Waals surface area contributed by atoms with Gasteiger partial charge >= 0.3 is 0 Å². The van der Waals surface area contributed by atoms with E-state index in [9.17, 15) is 18.3 Å². The number of anilines is 1. The van der Waals surface area contributed by atoms with Gasteiger partial charge in [0.15, 0.2) is 5.96 Å². The molecule has 5 nitrogen and oxygen atoms in total. The summed E-state index contributed by atoms with van der Waals surface area (Å²) in [5.74, 6) is -1.16. The Labute approximate surface area is 168 Å². The highest BCUT2D eigenvalue weighted by Crippen LogP contribution is 2.24. The summed E-state index contributed by atoms with van der Waals surface area (Å²) in [5.41, 5.74) is 0.568. The van der Waals surface area contributed by atoms with Gasteiger partial charge in [0.2, 0.25) is 0 Å². The molecule has 0 bridgehead atoms. The van der Waals surface area contributed by atoms with Crippen molar-refractivity contribution in [2.75, 3.05) is 31.1 Å². The average Bonchev–Trinajstić information content (AvgIpc) is 3.14. The second-order valence-corrected chi connectivity index (χ2v) is 6.93. The lowest BCUT2D eigenvalue weighted by Crippen LogP contribution is -2.44. The first-order valence-corrected chi connectivity index (χ1v) is 9.65. The van der Waals surface area contributed by atoms with Gasteiger partial charge in [0.25, 0.3) is 0 Å². The third kappa shape index (κ3) is 5.41. The molecule has 0 radical (unpaired) electrons. The zero-order valence-corrected chi connectivity index (χ0v) is 16.2. The number of hydrogen-bond acceptors (Lipinski definition) is 3. The van der Waals surface area contributed by atoms with E-state index in [1.54, 1.807) is 12.1 Å². The van der Waals surface area contributed by atoms with Crippen molar-refractivity contribution in [2.24, 2.45) is 4.99 Å². The van der Waals surface area contributed by atoms with Crippen molar-refractivity contribution in [1.29, 1.82) is 0 Å². The maximum Gasteiger partial charge on any atom is 0.191 e. The molecule has 1 heterocycles. The molecule has 0 spiro atoms. The van der Waals surface area contributed by atoms with Crippen LogP contribution < -0.4 is 15.5 Å². The number of aliphatic hydroxyl groups excluding tert-OH is 1. The van der Waals surface area contributed by atoms with Crippen molar-refractivity contribution in [1.82, 2.24) is 10.6 Å². The number of rotatable bonds is 6. The second kappa shape index (κ2) is 9.65. The fourth-order valence-electron chi connectivity index (χ4n) is 3.37. The van der Waals surface area contributed by atoms with Crippen molar-refractivity contribution in [3.63, 3.8) is 0 Å². The van der Waals surface area contributed by atoms with Crippen molar-refractivity contribution in [2.45, 2.75) is 25.5 Å². The Balaban J connectivity index is 1.61. The van der Waals surface area contributed by atoms with Gasteiger partial charge in [-0.15, -0.1) is 0 Å². The molecule has 3 N–H and O–H groups in total. The lowest BCUT2D eigenvalue weighted by atomic mass is 10.1. The largest absolute Gasteiger partial charge is 0.386 e. The van der Waals surface area contributed by atoms with Crippen LogP contribution in [0.2, 0.25) is 0 Å². The predicted molar refractivity (Wildman–Crippen MR) is 107 cm³/mol. The van der Waals surface area contributed by atoms with Gasteiger partial charge < -0.3 is 20.6 Å². The third-order valence-corrected chi connectivity index (χ3v) is 4.81. The molecule has 1 aliphatic rings. The summed E-state index contributed by atoms with van der Waals surface area (Å²) < 4.78 is 40.9. The fourth-order valence-corrected chi connectivity index (χ4v) is 3.37. The summed E-state index contributed by atoms with van der Waals surface area (Å²) in [6.45, 7) is 3.68. The first-order valence-electron chi connectivity index (χ1n) is 9.65. The lowest BCUT2D eigenvalue weighted by Gasteiger charge is -2.21. The Morgan fingerprint density at radius 2 is 2.00 bits per heavy atom. The van der Waals surface area contributed by atoms with E-state index in [-0.39, 0.29) is 18.2 Å². The number of hydrogen-bond donors (Lipinski definition) is 3. The lowest BCUT2D eigenvalue weighted by molar-refractivity contribution is 0.182. The molecule has 2 aromatic rings. The summed E-state index contributed by atoms with van der Waals surface area (Å²) in [6.07, 6.45) is -0.308. The standard InChI is InChI=1S/C21H25F3N4O/c1-2-25-21(26-12-20(29)16-5-3-4-6-17(16)23)27-15-9-10-28(13-15)19-8-7-14(22)11-18(19)24/h3-8,11,15,20,29H,2,9-10,12-13H2,1H3,(H2,25,26,27). The molecule has 3 rings (SSSR count). The van der Waals surface area contributed by atoms with Crippen molar-refractivity contribution < 1.29 is 18.3 Å². The monoisotopic (exact) mass is 406 g/mol. The van der Waals surface area contributed by atoms with Crippen LogP contribution in [0.25, 0.3) is 0 Å².